The van der Waals surface area contributed by atoms with Gasteiger partial charge in [0, 0.05) is 10.5 Å². The monoisotopic (exact) mass is 325 g/mol. The van der Waals surface area contributed by atoms with E-state index in [4.69, 9.17) is 11.6 Å². The van der Waals surface area contributed by atoms with Gasteiger partial charge in [-0.15, -0.1) is 0 Å². The Balaban J connectivity index is 2.03. The third-order valence-electron chi connectivity index (χ3n) is 3.25. The summed E-state index contributed by atoms with van der Waals surface area (Å²) in [7, 11) is 0. The normalized spacial score (nSPS) is 19.3. The van der Waals surface area contributed by atoms with Crippen molar-refractivity contribution in [2.45, 2.75) is 18.9 Å². The molecule has 3 rings (SSSR count). The highest BCUT2D eigenvalue weighted by atomic mass is 79.9. The lowest BCUT2D eigenvalue weighted by Gasteiger charge is -2.15. The van der Waals surface area contributed by atoms with E-state index in [-0.39, 0.29) is 0 Å². The van der Waals surface area contributed by atoms with E-state index in [1.807, 2.05) is 30.7 Å². The van der Waals surface area contributed by atoms with E-state index in [0.717, 1.165) is 28.1 Å². The molecule has 0 saturated carbocycles. The third kappa shape index (κ3) is 2.20. The summed E-state index contributed by atoms with van der Waals surface area (Å²) < 4.78 is 3.05. The van der Waals surface area contributed by atoms with Crippen LogP contribution in [0, 0.1) is 0 Å². The van der Waals surface area contributed by atoms with Crippen molar-refractivity contribution in [3.05, 3.63) is 45.9 Å². The molecule has 1 aromatic carbocycles. The van der Waals surface area contributed by atoms with Crippen molar-refractivity contribution in [2.24, 2.45) is 0 Å². The molecule has 1 N–H and O–H groups in total. The quantitative estimate of drug-likeness (QED) is 0.911. The van der Waals surface area contributed by atoms with Crippen LogP contribution in [0.1, 0.15) is 24.6 Å². The average Bonchev–Trinajstić information content (AvgIpc) is 2.98. The Morgan fingerprint density at radius 1 is 1.44 bits per heavy atom. The summed E-state index contributed by atoms with van der Waals surface area (Å²) in [5, 5.41) is 4.21. The molecule has 1 unspecified atom stereocenters. The highest BCUT2D eigenvalue weighted by Crippen LogP contribution is 2.29. The summed E-state index contributed by atoms with van der Waals surface area (Å²) in [6, 6.07) is 6.29. The first-order valence-corrected chi connectivity index (χ1v) is 7.14. The minimum Gasteiger partial charge on any atom is -0.309 e. The van der Waals surface area contributed by atoms with Crippen LogP contribution in [0.25, 0.3) is 5.69 Å². The summed E-state index contributed by atoms with van der Waals surface area (Å²) in [6.07, 6.45) is 6.11. The van der Waals surface area contributed by atoms with Gasteiger partial charge >= 0.3 is 0 Å². The van der Waals surface area contributed by atoms with E-state index in [2.05, 4.69) is 30.8 Å². The minimum atomic E-state index is 0.382. The maximum Gasteiger partial charge on any atom is 0.0995 e. The van der Waals surface area contributed by atoms with Gasteiger partial charge in [-0.05, 0) is 37.6 Å². The second kappa shape index (κ2) is 5.03. The van der Waals surface area contributed by atoms with Crippen LogP contribution in [-0.2, 0) is 0 Å². The van der Waals surface area contributed by atoms with Crippen LogP contribution < -0.4 is 5.32 Å². The molecule has 1 aromatic heterocycles. The first-order chi connectivity index (χ1) is 8.75. The van der Waals surface area contributed by atoms with Gasteiger partial charge < -0.3 is 9.88 Å². The van der Waals surface area contributed by atoms with E-state index in [9.17, 15) is 0 Å². The number of rotatable bonds is 2. The zero-order valence-corrected chi connectivity index (χ0v) is 12.1. The Hall–Kier alpha value is -0.840. The molecule has 1 atom stereocenters. The van der Waals surface area contributed by atoms with E-state index < -0.39 is 0 Å². The molecule has 0 spiro atoms. The van der Waals surface area contributed by atoms with Gasteiger partial charge in [0.25, 0.3) is 0 Å². The Labute approximate surface area is 119 Å². The second-order valence-electron chi connectivity index (χ2n) is 4.43. The van der Waals surface area contributed by atoms with Crippen LogP contribution in [0.15, 0.2) is 35.2 Å². The molecular formula is C13H13BrClN3. The van der Waals surface area contributed by atoms with Crippen molar-refractivity contribution < 1.29 is 0 Å². The van der Waals surface area contributed by atoms with Crippen molar-refractivity contribution in [1.29, 1.82) is 0 Å². The SMILES string of the molecule is Clc1cc(Br)ccc1-n1cncc1C1CCCN1. The molecule has 1 saturated heterocycles. The third-order valence-corrected chi connectivity index (χ3v) is 4.05. The molecule has 1 fully saturated rings. The molecule has 94 valence electrons. The minimum absolute atomic E-state index is 0.382. The summed E-state index contributed by atoms with van der Waals surface area (Å²) in [5.74, 6) is 0. The van der Waals surface area contributed by atoms with Crippen LogP contribution >= 0.6 is 27.5 Å². The number of hydrogen-bond donors (Lipinski definition) is 1. The first-order valence-electron chi connectivity index (χ1n) is 5.97. The fourth-order valence-corrected chi connectivity index (χ4v) is 3.14. The van der Waals surface area contributed by atoms with Gasteiger partial charge in [-0.25, -0.2) is 4.98 Å². The summed E-state index contributed by atoms with van der Waals surface area (Å²) in [5.41, 5.74) is 2.15. The molecule has 0 aliphatic carbocycles. The largest absolute Gasteiger partial charge is 0.309 e. The lowest BCUT2D eigenvalue weighted by atomic mass is 10.1. The van der Waals surface area contributed by atoms with Gasteiger partial charge in [0.2, 0.25) is 0 Å². The molecule has 2 heterocycles. The number of benzene rings is 1. The maximum absolute atomic E-state index is 6.30. The van der Waals surface area contributed by atoms with E-state index in [0.29, 0.717) is 6.04 Å². The number of hydrogen-bond acceptors (Lipinski definition) is 2. The molecule has 0 radical (unpaired) electrons. The number of imidazole rings is 1. The van der Waals surface area contributed by atoms with Gasteiger partial charge in [0.15, 0.2) is 0 Å². The van der Waals surface area contributed by atoms with Crippen LogP contribution in [0.4, 0.5) is 0 Å². The zero-order chi connectivity index (χ0) is 12.5. The number of nitrogens with one attached hydrogen (secondary N) is 1. The Kier molecular flexibility index (Phi) is 3.41. The van der Waals surface area contributed by atoms with Gasteiger partial charge in [-0.1, -0.05) is 27.5 Å². The highest BCUT2D eigenvalue weighted by molar-refractivity contribution is 9.10. The molecule has 1 aliphatic rings. The summed E-state index contributed by atoms with van der Waals surface area (Å²) in [4.78, 5) is 4.26. The molecule has 0 amide bonds. The Morgan fingerprint density at radius 2 is 2.33 bits per heavy atom. The van der Waals surface area contributed by atoms with Crippen molar-refractivity contribution in [1.82, 2.24) is 14.9 Å². The van der Waals surface area contributed by atoms with Gasteiger partial charge in [0.05, 0.1) is 28.9 Å². The zero-order valence-electron chi connectivity index (χ0n) is 9.74. The Morgan fingerprint density at radius 3 is 3.06 bits per heavy atom. The van der Waals surface area contributed by atoms with E-state index >= 15 is 0 Å². The van der Waals surface area contributed by atoms with E-state index in [1.54, 1.807) is 0 Å². The van der Waals surface area contributed by atoms with Gasteiger partial charge in [-0.2, -0.15) is 0 Å². The van der Waals surface area contributed by atoms with E-state index in [1.165, 1.54) is 12.1 Å². The van der Waals surface area contributed by atoms with Crippen molar-refractivity contribution in [2.75, 3.05) is 6.54 Å². The molecule has 2 aromatic rings. The smallest absolute Gasteiger partial charge is 0.0995 e. The summed E-state index contributed by atoms with van der Waals surface area (Å²) in [6.45, 7) is 1.07. The van der Waals surface area contributed by atoms with Crippen LogP contribution in [0.3, 0.4) is 0 Å². The van der Waals surface area contributed by atoms with Crippen molar-refractivity contribution >= 4 is 27.5 Å². The average molecular weight is 327 g/mol. The van der Waals surface area contributed by atoms with Crippen LogP contribution in [-0.4, -0.2) is 16.1 Å². The van der Waals surface area contributed by atoms with Gasteiger partial charge in [0.1, 0.15) is 0 Å². The predicted octanol–water partition coefficient (Wildman–Crippen LogP) is 3.71. The van der Waals surface area contributed by atoms with Crippen LogP contribution in [0.2, 0.25) is 5.02 Å². The molecule has 0 bridgehead atoms. The molecule has 1 aliphatic heterocycles. The second-order valence-corrected chi connectivity index (χ2v) is 5.76. The molecule has 18 heavy (non-hydrogen) atoms. The van der Waals surface area contributed by atoms with Gasteiger partial charge in [-0.3, -0.25) is 0 Å². The Bertz CT molecular complexity index is 561. The molecule has 5 heteroatoms. The number of nitrogens with zero attached hydrogens (tertiary/aromatic N) is 2. The first kappa shape index (κ1) is 12.2. The summed E-state index contributed by atoms with van der Waals surface area (Å²) >= 11 is 9.72. The van der Waals surface area contributed by atoms with Crippen molar-refractivity contribution in [3.63, 3.8) is 0 Å². The standard InChI is InChI=1S/C13H13BrClN3/c14-9-3-4-12(10(15)6-9)18-8-16-7-13(18)11-2-1-5-17-11/h3-4,6-8,11,17H,1-2,5H2. The number of halogens is 2. The van der Waals surface area contributed by atoms with Crippen molar-refractivity contribution in [3.8, 4) is 5.69 Å². The molecule has 3 nitrogen and oxygen atoms in total. The topological polar surface area (TPSA) is 29.9 Å². The lowest BCUT2D eigenvalue weighted by molar-refractivity contribution is 0.615. The highest BCUT2D eigenvalue weighted by Gasteiger charge is 2.20. The molecular weight excluding hydrogens is 314 g/mol. The maximum atomic E-state index is 6.30. The van der Waals surface area contributed by atoms with Crippen LogP contribution in [0.5, 0.6) is 0 Å². The fraction of sp³-hybridized carbons (Fsp3) is 0.308. The predicted molar refractivity (Wildman–Crippen MR) is 76.3 cm³/mol. The fourth-order valence-electron chi connectivity index (χ4n) is 2.38. The lowest BCUT2D eigenvalue weighted by Crippen LogP contribution is -2.16. The number of aromatic nitrogens is 2.